The third-order valence-electron chi connectivity index (χ3n) is 1.88. The van der Waals surface area contributed by atoms with Crippen molar-refractivity contribution in [2.75, 3.05) is 0 Å². The standard InChI is InChI=1S/C11H18N2S2/c1-8(2)12-11(14)13-9(3)7-10-5-4-6-15-10/h4-6,8-9H,7H2,1-3H3,(H2,12,13,14). The van der Waals surface area contributed by atoms with Crippen LogP contribution in [0.25, 0.3) is 0 Å². The predicted molar refractivity (Wildman–Crippen MR) is 71.5 cm³/mol. The molecule has 0 aliphatic rings. The molecule has 0 aliphatic heterocycles. The molecule has 1 aromatic rings. The maximum Gasteiger partial charge on any atom is 0.166 e. The molecule has 2 nitrogen and oxygen atoms in total. The zero-order valence-corrected chi connectivity index (χ0v) is 11.0. The molecule has 0 amide bonds. The van der Waals surface area contributed by atoms with Gasteiger partial charge in [0.05, 0.1) is 0 Å². The largest absolute Gasteiger partial charge is 0.361 e. The minimum Gasteiger partial charge on any atom is -0.361 e. The molecule has 0 aromatic carbocycles. The van der Waals surface area contributed by atoms with E-state index in [4.69, 9.17) is 12.2 Å². The van der Waals surface area contributed by atoms with Crippen LogP contribution in [-0.4, -0.2) is 17.2 Å². The van der Waals surface area contributed by atoms with Gasteiger partial charge in [-0.1, -0.05) is 6.07 Å². The molecule has 1 atom stereocenters. The van der Waals surface area contributed by atoms with Crippen LogP contribution in [0.15, 0.2) is 17.5 Å². The lowest BCUT2D eigenvalue weighted by Crippen LogP contribution is -2.43. The molecule has 15 heavy (non-hydrogen) atoms. The first-order valence-electron chi connectivity index (χ1n) is 5.17. The van der Waals surface area contributed by atoms with Gasteiger partial charge >= 0.3 is 0 Å². The Morgan fingerprint density at radius 3 is 2.67 bits per heavy atom. The first-order valence-corrected chi connectivity index (χ1v) is 6.46. The van der Waals surface area contributed by atoms with E-state index in [-0.39, 0.29) is 0 Å². The lowest BCUT2D eigenvalue weighted by molar-refractivity contribution is 0.635. The van der Waals surface area contributed by atoms with Gasteiger partial charge < -0.3 is 10.6 Å². The molecule has 1 aromatic heterocycles. The third-order valence-corrected chi connectivity index (χ3v) is 3.02. The lowest BCUT2D eigenvalue weighted by atomic mass is 10.2. The smallest absolute Gasteiger partial charge is 0.166 e. The third kappa shape index (κ3) is 5.14. The van der Waals surface area contributed by atoms with Gasteiger partial charge in [-0.05, 0) is 44.4 Å². The van der Waals surface area contributed by atoms with Crippen molar-refractivity contribution in [1.29, 1.82) is 0 Å². The second kappa shape index (κ2) is 6.08. The minimum absolute atomic E-state index is 0.377. The molecule has 0 saturated carbocycles. The van der Waals surface area contributed by atoms with Gasteiger partial charge in [0.1, 0.15) is 0 Å². The molecule has 84 valence electrons. The normalized spacial score (nSPS) is 12.5. The Bertz CT molecular complexity index is 294. The number of hydrogen-bond donors (Lipinski definition) is 2. The molecule has 1 unspecified atom stereocenters. The molecule has 0 bridgehead atoms. The Morgan fingerprint density at radius 2 is 2.13 bits per heavy atom. The van der Waals surface area contributed by atoms with Gasteiger partial charge in [-0.2, -0.15) is 0 Å². The Kier molecular flexibility index (Phi) is 5.05. The average Bonchev–Trinajstić information content (AvgIpc) is 2.53. The highest BCUT2D eigenvalue weighted by atomic mass is 32.1. The van der Waals surface area contributed by atoms with Crippen molar-refractivity contribution in [3.8, 4) is 0 Å². The van der Waals surface area contributed by atoms with Gasteiger partial charge in [0.15, 0.2) is 5.11 Å². The highest BCUT2D eigenvalue weighted by Gasteiger charge is 2.06. The number of nitrogens with one attached hydrogen (secondary N) is 2. The summed E-state index contributed by atoms with van der Waals surface area (Å²) in [6.07, 6.45) is 1.03. The van der Waals surface area contributed by atoms with E-state index in [1.165, 1.54) is 4.88 Å². The highest BCUT2D eigenvalue weighted by molar-refractivity contribution is 7.80. The van der Waals surface area contributed by atoms with Crippen LogP contribution in [0, 0.1) is 0 Å². The van der Waals surface area contributed by atoms with E-state index in [1.54, 1.807) is 11.3 Å². The monoisotopic (exact) mass is 242 g/mol. The summed E-state index contributed by atoms with van der Waals surface area (Å²) in [7, 11) is 0. The van der Waals surface area contributed by atoms with E-state index < -0.39 is 0 Å². The molecule has 2 N–H and O–H groups in total. The van der Waals surface area contributed by atoms with E-state index >= 15 is 0 Å². The summed E-state index contributed by atoms with van der Waals surface area (Å²) in [5, 5.41) is 9.30. The van der Waals surface area contributed by atoms with E-state index in [0.29, 0.717) is 12.1 Å². The summed E-state index contributed by atoms with van der Waals surface area (Å²) >= 11 is 6.97. The number of rotatable bonds is 4. The Morgan fingerprint density at radius 1 is 1.40 bits per heavy atom. The van der Waals surface area contributed by atoms with Crippen LogP contribution in [0.3, 0.4) is 0 Å². The first-order chi connectivity index (χ1) is 7.08. The molecule has 0 aliphatic carbocycles. The van der Waals surface area contributed by atoms with Crippen molar-refractivity contribution in [3.63, 3.8) is 0 Å². The molecular formula is C11H18N2S2. The number of hydrogen-bond acceptors (Lipinski definition) is 2. The second-order valence-electron chi connectivity index (χ2n) is 3.96. The Balaban J connectivity index is 2.29. The van der Waals surface area contributed by atoms with Gasteiger partial charge in [0, 0.05) is 23.4 Å². The molecule has 0 radical (unpaired) electrons. The maximum atomic E-state index is 5.18. The average molecular weight is 242 g/mol. The van der Waals surface area contributed by atoms with Gasteiger partial charge in [-0.3, -0.25) is 0 Å². The molecular weight excluding hydrogens is 224 g/mol. The van der Waals surface area contributed by atoms with Gasteiger partial charge in [0.25, 0.3) is 0 Å². The van der Waals surface area contributed by atoms with Crippen LogP contribution < -0.4 is 10.6 Å². The summed E-state index contributed by atoms with van der Waals surface area (Å²) in [6.45, 7) is 6.31. The summed E-state index contributed by atoms with van der Waals surface area (Å²) in [5.41, 5.74) is 0. The van der Waals surface area contributed by atoms with Gasteiger partial charge in [-0.25, -0.2) is 0 Å². The molecule has 0 saturated heterocycles. The van der Waals surface area contributed by atoms with E-state index in [9.17, 15) is 0 Å². The Labute approximate surface area is 101 Å². The number of thiophene rings is 1. The zero-order valence-electron chi connectivity index (χ0n) is 9.41. The fraction of sp³-hybridized carbons (Fsp3) is 0.545. The maximum absolute atomic E-state index is 5.18. The van der Waals surface area contributed by atoms with Crippen molar-refractivity contribution in [1.82, 2.24) is 10.6 Å². The second-order valence-corrected chi connectivity index (χ2v) is 5.40. The first kappa shape index (κ1) is 12.5. The zero-order chi connectivity index (χ0) is 11.3. The van der Waals surface area contributed by atoms with Crippen LogP contribution >= 0.6 is 23.6 Å². The summed E-state index contributed by atoms with van der Waals surface area (Å²) in [4.78, 5) is 1.39. The summed E-state index contributed by atoms with van der Waals surface area (Å²) in [6, 6.07) is 5.00. The summed E-state index contributed by atoms with van der Waals surface area (Å²) < 4.78 is 0. The fourth-order valence-electron chi connectivity index (χ4n) is 1.31. The van der Waals surface area contributed by atoms with Crippen LogP contribution in [-0.2, 0) is 6.42 Å². The minimum atomic E-state index is 0.377. The van der Waals surface area contributed by atoms with E-state index in [0.717, 1.165) is 11.5 Å². The van der Waals surface area contributed by atoms with E-state index in [2.05, 4.69) is 48.9 Å². The predicted octanol–water partition coefficient (Wildman–Crippen LogP) is 2.55. The molecule has 0 spiro atoms. The van der Waals surface area contributed by atoms with Crippen LogP contribution in [0.5, 0.6) is 0 Å². The molecule has 4 heteroatoms. The van der Waals surface area contributed by atoms with Crippen LogP contribution in [0.2, 0.25) is 0 Å². The molecule has 0 fully saturated rings. The topological polar surface area (TPSA) is 24.1 Å². The molecule has 1 heterocycles. The summed E-state index contributed by atoms with van der Waals surface area (Å²) in [5.74, 6) is 0. The van der Waals surface area contributed by atoms with Gasteiger partial charge in [0.2, 0.25) is 0 Å². The van der Waals surface area contributed by atoms with Crippen molar-refractivity contribution >= 4 is 28.7 Å². The quantitative estimate of drug-likeness (QED) is 0.794. The van der Waals surface area contributed by atoms with Crippen molar-refractivity contribution < 1.29 is 0 Å². The van der Waals surface area contributed by atoms with Gasteiger partial charge in [-0.15, -0.1) is 11.3 Å². The highest BCUT2D eigenvalue weighted by Crippen LogP contribution is 2.10. The van der Waals surface area contributed by atoms with Crippen LogP contribution in [0.4, 0.5) is 0 Å². The lowest BCUT2D eigenvalue weighted by Gasteiger charge is -2.18. The van der Waals surface area contributed by atoms with Crippen molar-refractivity contribution in [3.05, 3.63) is 22.4 Å². The SMILES string of the molecule is CC(C)NC(=S)NC(C)Cc1cccs1. The van der Waals surface area contributed by atoms with Crippen molar-refractivity contribution in [2.45, 2.75) is 39.3 Å². The Hall–Kier alpha value is -0.610. The molecule has 1 rings (SSSR count). The fourth-order valence-corrected chi connectivity index (χ4v) is 2.58. The van der Waals surface area contributed by atoms with Crippen molar-refractivity contribution in [2.24, 2.45) is 0 Å². The number of thiocarbonyl (C=S) groups is 1. The van der Waals surface area contributed by atoms with Crippen LogP contribution in [0.1, 0.15) is 25.6 Å². The van der Waals surface area contributed by atoms with E-state index in [1.807, 2.05) is 0 Å².